The Morgan fingerprint density at radius 3 is 2.69 bits per heavy atom. The highest BCUT2D eigenvalue weighted by atomic mass is 35.5. The molecule has 0 aliphatic heterocycles. The van der Waals surface area contributed by atoms with Gasteiger partial charge in [0.2, 0.25) is 0 Å². The number of unbranched alkanes of at least 4 members (excludes halogenated alkanes) is 1. The molecule has 0 unspecified atom stereocenters. The molecule has 1 aromatic rings. The largest absolute Gasteiger partial charge is 0.317 e. The first kappa shape index (κ1) is 13.5. The highest BCUT2D eigenvalue weighted by Gasteiger charge is 2.11. The van der Waals surface area contributed by atoms with Crippen LogP contribution >= 0.6 is 11.6 Å². The van der Waals surface area contributed by atoms with E-state index in [0.29, 0.717) is 0 Å². The minimum absolute atomic E-state index is 0.852. The van der Waals surface area contributed by atoms with Gasteiger partial charge in [0.25, 0.3) is 0 Å². The minimum atomic E-state index is 0.852. The molecule has 0 saturated heterocycles. The summed E-state index contributed by atoms with van der Waals surface area (Å²) < 4.78 is 2.02. The molecule has 0 aliphatic carbocycles. The summed E-state index contributed by atoms with van der Waals surface area (Å²) >= 11 is 6.23. The third kappa shape index (κ3) is 3.49. The molecule has 0 atom stereocenters. The van der Waals surface area contributed by atoms with Crippen LogP contribution in [0.2, 0.25) is 5.02 Å². The molecule has 1 rings (SSSR count). The Hall–Kier alpha value is -0.540. The van der Waals surface area contributed by atoms with Crippen LogP contribution < -0.4 is 5.32 Å². The third-order valence-electron chi connectivity index (χ3n) is 2.72. The molecule has 1 heterocycles. The Bertz CT molecular complexity index is 320. The third-order valence-corrected chi connectivity index (χ3v) is 3.21. The van der Waals surface area contributed by atoms with E-state index in [1.165, 1.54) is 12.1 Å². The zero-order valence-corrected chi connectivity index (χ0v) is 11.3. The number of aromatic nitrogens is 2. The Kier molecular flexibility index (Phi) is 5.85. The van der Waals surface area contributed by atoms with Crippen LogP contribution in [0, 0.1) is 6.92 Å². The number of hydrogen-bond donors (Lipinski definition) is 1. The second kappa shape index (κ2) is 6.92. The normalized spacial score (nSPS) is 11.0. The molecule has 16 heavy (non-hydrogen) atoms. The predicted octanol–water partition coefficient (Wildman–Crippen LogP) is 2.80. The zero-order valence-electron chi connectivity index (χ0n) is 10.5. The number of aryl methyl sites for hydroxylation is 2. The van der Waals surface area contributed by atoms with Gasteiger partial charge < -0.3 is 5.32 Å². The summed E-state index contributed by atoms with van der Waals surface area (Å²) in [6, 6.07) is 0. The van der Waals surface area contributed by atoms with E-state index in [1.807, 2.05) is 11.6 Å². The van der Waals surface area contributed by atoms with Gasteiger partial charge in [-0.25, -0.2) is 0 Å². The van der Waals surface area contributed by atoms with Gasteiger partial charge in [-0.05, 0) is 46.2 Å². The maximum Gasteiger partial charge on any atom is 0.0847 e. The first-order valence-corrected chi connectivity index (χ1v) is 6.51. The van der Waals surface area contributed by atoms with Crippen molar-refractivity contribution in [2.75, 3.05) is 13.1 Å². The van der Waals surface area contributed by atoms with Crippen LogP contribution in [0.1, 0.15) is 38.1 Å². The second-order valence-corrected chi connectivity index (χ2v) is 4.35. The van der Waals surface area contributed by atoms with Crippen molar-refractivity contribution in [3.05, 3.63) is 16.4 Å². The summed E-state index contributed by atoms with van der Waals surface area (Å²) in [5.41, 5.74) is 2.14. The smallest absolute Gasteiger partial charge is 0.0847 e. The van der Waals surface area contributed by atoms with Crippen LogP contribution in [0.4, 0.5) is 0 Å². The molecule has 0 aliphatic rings. The molecule has 1 aromatic heterocycles. The number of nitrogens with one attached hydrogen (secondary N) is 1. The standard InChI is InChI=1S/C12H22ClN3/c1-4-14-9-7-6-8-11-12(13)10(3)15-16(11)5-2/h14H,4-9H2,1-3H3. The van der Waals surface area contributed by atoms with Gasteiger partial charge in [0.05, 0.1) is 16.4 Å². The van der Waals surface area contributed by atoms with Crippen LogP contribution in [-0.2, 0) is 13.0 Å². The predicted molar refractivity (Wildman–Crippen MR) is 69.1 cm³/mol. The summed E-state index contributed by atoms with van der Waals surface area (Å²) in [5.74, 6) is 0. The van der Waals surface area contributed by atoms with E-state index in [1.54, 1.807) is 0 Å². The molecule has 1 N–H and O–H groups in total. The first-order chi connectivity index (χ1) is 7.70. The Balaban J connectivity index is 2.46. The van der Waals surface area contributed by atoms with Gasteiger partial charge in [-0.2, -0.15) is 5.10 Å². The van der Waals surface area contributed by atoms with Gasteiger partial charge in [-0.15, -0.1) is 0 Å². The summed E-state index contributed by atoms with van der Waals surface area (Å²) in [5, 5.41) is 8.59. The van der Waals surface area contributed by atoms with E-state index in [-0.39, 0.29) is 0 Å². The number of halogens is 1. The number of hydrogen-bond acceptors (Lipinski definition) is 2. The quantitative estimate of drug-likeness (QED) is 0.747. The summed E-state index contributed by atoms with van der Waals surface area (Å²) in [6.45, 7) is 9.24. The molecule has 0 saturated carbocycles. The second-order valence-electron chi connectivity index (χ2n) is 3.97. The van der Waals surface area contributed by atoms with Crippen molar-refractivity contribution in [1.82, 2.24) is 15.1 Å². The van der Waals surface area contributed by atoms with Crippen LogP contribution in [0.5, 0.6) is 0 Å². The minimum Gasteiger partial charge on any atom is -0.317 e. The van der Waals surface area contributed by atoms with Gasteiger partial charge >= 0.3 is 0 Å². The molecule has 0 radical (unpaired) electrons. The van der Waals surface area contributed by atoms with E-state index >= 15 is 0 Å². The molecule has 92 valence electrons. The van der Waals surface area contributed by atoms with Gasteiger partial charge in [-0.1, -0.05) is 18.5 Å². The lowest BCUT2D eigenvalue weighted by Crippen LogP contribution is -2.14. The van der Waals surface area contributed by atoms with E-state index in [4.69, 9.17) is 11.6 Å². The fraction of sp³-hybridized carbons (Fsp3) is 0.750. The van der Waals surface area contributed by atoms with Crippen molar-refractivity contribution in [1.29, 1.82) is 0 Å². The summed E-state index contributed by atoms with van der Waals surface area (Å²) in [7, 11) is 0. The maximum atomic E-state index is 6.23. The molecule has 0 aromatic carbocycles. The van der Waals surface area contributed by atoms with E-state index in [9.17, 15) is 0 Å². The van der Waals surface area contributed by atoms with Gasteiger partial charge in [0, 0.05) is 6.54 Å². The van der Waals surface area contributed by atoms with Crippen molar-refractivity contribution in [3.8, 4) is 0 Å². The molecule has 0 bridgehead atoms. The highest BCUT2D eigenvalue weighted by Crippen LogP contribution is 2.21. The topological polar surface area (TPSA) is 29.9 Å². The molecule has 4 heteroatoms. The fourth-order valence-electron chi connectivity index (χ4n) is 1.83. The molecular formula is C12H22ClN3. The summed E-state index contributed by atoms with van der Waals surface area (Å²) in [6.07, 6.45) is 3.38. The van der Waals surface area contributed by atoms with E-state index in [0.717, 1.165) is 43.2 Å². The fourth-order valence-corrected chi connectivity index (χ4v) is 2.06. The van der Waals surface area contributed by atoms with E-state index in [2.05, 4.69) is 24.3 Å². The average molecular weight is 244 g/mol. The maximum absolute atomic E-state index is 6.23. The number of rotatable bonds is 7. The van der Waals surface area contributed by atoms with Crippen LogP contribution in [0.25, 0.3) is 0 Å². The zero-order chi connectivity index (χ0) is 12.0. The van der Waals surface area contributed by atoms with Crippen molar-refractivity contribution in [3.63, 3.8) is 0 Å². The Morgan fingerprint density at radius 1 is 1.31 bits per heavy atom. The molecular weight excluding hydrogens is 222 g/mol. The Morgan fingerprint density at radius 2 is 2.06 bits per heavy atom. The lowest BCUT2D eigenvalue weighted by atomic mass is 10.2. The molecule has 0 amide bonds. The lowest BCUT2D eigenvalue weighted by molar-refractivity contribution is 0.585. The van der Waals surface area contributed by atoms with Gasteiger partial charge in [0.1, 0.15) is 0 Å². The first-order valence-electron chi connectivity index (χ1n) is 6.13. The summed E-state index contributed by atoms with van der Waals surface area (Å²) in [4.78, 5) is 0. The molecule has 0 fully saturated rings. The van der Waals surface area contributed by atoms with Crippen molar-refractivity contribution in [2.45, 2.75) is 46.6 Å². The van der Waals surface area contributed by atoms with Gasteiger partial charge in [0.15, 0.2) is 0 Å². The molecule has 3 nitrogen and oxygen atoms in total. The van der Waals surface area contributed by atoms with E-state index < -0.39 is 0 Å². The number of nitrogens with zero attached hydrogens (tertiary/aromatic N) is 2. The van der Waals surface area contributed by atoms with Crippen molar-refractivity contribution in [2.24, 2.45) is 0 Å². The highest BCUT2D eigenvalue weighted by molar-refractivity contribution is 6.31. The molecule has 0 spiro atoms. The van der Waals surface area contributed by atoms with Gasteiger partial charge in [-0.3, -0.25) is 4.68 Å². The van der Waals surface area contributed by atoms with Crippen molar-refractivity contribution < 1.29 is 0 Å². The Labute approximate surface area is 103 Å². The van der Waals surface area contributed by atoms with Crippen molar-refractivity contribution >= 4 is 11.6 Å². The van der Waals surface area contributed by atoms with Crippen LogP contribution in [-0.4, -0.2) is 22.9 Å². The van der Waals surface area contributed by atoms with Crippen LogP contribution in [0.15, 0.2) is 0 Å². The average Bonchev–Trinajstić information content (AvgIpc) is 2.56. The lowest BCUT2D eigenvalue weighted by Gasteiger charge is -2.05. The monoisotopic (exact) mass is 243 g/mol. The van der Waals surface area contributed by atoms with Crippen LogP contribution in [0.3, 0.4) is 0 Å². The SMILES string of the molecule is CCNCCCCc1c(Cl)c(C)nn1CC.